The lowest BCUT2D eigenvalue weighted by atomic mass is 10.1. The van der Waals surface area contributed by atoms with Gasteiger partial charge < -0.3 is 14.6 Å². The maximum atomic E-state index is 11.7. The molecule has 1 N–H and O–H groups in total. The largest absolute Gasteiger partial charge is 0.494 e. The minimum Gasteiger partial charge on any atom is -0.494 e. The summed E-state index contributed by atoms with van der Waals surface area (Å²) >= 11 is 0. The van der Waals surface area contributed by atoms with Gasteiger partial charge in [-0.05, 0) is 38.1 Å². The zero-order chi connectivity index (χ0) is 16.1. The van der Waals surface area contributed by atoms with Crippen molar-refractivity contribution in [1.29, 1.82) is 0 Å². The molecule has 0 saturated heterocycles. The van der Waals surface area contributed by atoms with E-state index in [0.29, 0.717) is 18.0 Å². The highest BCUT2D eigenvalue weighted by Gasteiger charge is 2.36. The third-order valence-electron chi connectivity index (χ3n) is 3.12. The van der Waals surface area contributed by atoms with E-state index >= 15 is 0 Å². The Bertz CT molecular complexity index is 582. The summed E-state index contributed by atoms with van der Waals surface area (Å²) in [7, 11) is 0. The van der Waals surface area contributed by atoms with Crippen molar-refractivity contribution in [3.05, 3.63) is 24.3 Å². The van der Waals surface area contributed by atoms with Gasteiger partial charge in [0.1, 0.15) is 11.5 Å². The SMILES string of the molecule is CCOC(=O)C1=NN(c2ccc(OCC)cc2)C(C(=O)O)C1. The molecule has 0 amide bonds. The number of carbonyl (C=O) groups excluding carboxylic acids is 1. The zero-order valence-corrected chi connectivity index (χ0v) is 12.5. The molecule has 1 atom stereocenters. The van der Waals surface area contributed by atoms with Crippen LogP contribution in [0.25, 0.3) is 0 Å². The van der Waals surface area contributed by atoms with Crippen LogP contribution in [0.4, 0.5) is 5.69 Å². The summed E-state index contributed by atoms with van der Waals surface area (Å²) in [5, 5.41) is 14.8. The van der Waals surface area contributed by atoms with E-state index in [-0.39, 0.29) is 18.7 Å². The van der Waals surface area contributed by atoms with Crippen molar-refractivity contribution in [1.82, 2.24) is 0 Å². The number of benzene rings is 1. The number of ether oxygens (including phenoxy) is 2. The normalized spacial score (nSPS) is 17.1. The van der Waals surface area contributed by atoms with Gasteiger partial charge >= 0.3 is 11.9 Å². The number of hydrazone groups is 1. The lowest BCUT2D eigenvalue weighted by Crippen LogP contribution is -2.34. The number of carboxylic acid groups (broad SMARTS) is 1. The van der Waals surface area contributed by atoms with E-state index in [1.165, 1.54) is 5.01 Å². The molecule has 1 aromatic rings. The molecule has 22 heavy (non-hydrogen) atoms. The van der Waals surface area contributed by atoms with Crippen LogP contribution in [-0.4, -0.2) is 42.0 Å². The Hall–Kier alpha value is -2.57. The maximum absolute atomic E-state index is 11.7. The van der Waals surface area contributed by atoms with Gasteiger partial charge in [0.2, 0.25) is 0 Å². The summed E-state index contributed by atoms with van der Waals surface area (Å²) in [6.07, 6.45) is 0.0153. The van der Waals surface area contributed by atoms with Gasteiger partial charge in [0.05, 0.1) is 18.9 Å². The number of esters is 1. The highest BCUT2D eigenvalue weighted by Crippen LogP contribution is 2.27. The molecule has 1 unspecified atom stereocenters. The minimum atomic E-state index is -1.04. The highest BCUT2D eigenvalue weighted by molar-refractivity contribution is 6.38. The molecule has 1 aliphatic rings. The number of carboxylic acids is 1. The van der Waals surface area contributed by atoms with Crippen molar-refractivity contribution in [3.8, 4) is 5.75 Å². The molecule has 1 heterocycles. The van der Waals surface area contributed by atoms with Crippen LogP contribution < -0.4 is 9.75 Å². The van der Waals surface area contributed by atoms with Crippen LogP contribution in [0.15, 0.2) is 29.4 Å². The van der Waals surface area contributed by atoms with E-state index < -0.39 is 18.0 Å². The van der Waals surface area contributed by atoms with E-state index in [9.17, 15) is 14.7 Å². The van der Waals surface area contributed by atoms with Crippen LogP contribution in [0, 0.1) is 0 Å². The van der Waals surface area contributed by atoms with E-state index in [0.717, 1.165) is 0 Å². The van der Waals surface area contributed by atoms with Crippen molar-refractivity contribution < 1.29 is 24.2 Å². The highest BCUT2D eigenvalue weighted by atomic mass is 16.5. The summed E-state index contributed by atoms with van der Waals surface area (Å²) in [6, 6.07) is 5.96. The lowest BCUT2D eigenvalue weighted by molar-refractivity contribution is -0.138. The van der Waals surface area contributed by atoms with Gasteiger partial charge in [0.15, 0.2) is 6.04 Å². The van der Waals surface area contributed by atoms with Crippen molar-refractivity contribution in [3.63, 3.8) is 0 Å². The van der Waals surface area contributed by atoms with Gasteiger partial charge in [0, 0.05) is 6.42 Å². The van der Waals surface area contributed by atoms with Crippen molar-refractivity contribution >= 4 is 23.3 Å². The van der Waals surface area contributed by atoms with E-state index in [1.807, 2.05) is 6.92 Å². The van der Waals surface area contributed by atoms with Crippen LogP contribution in [0.2, 0.25) is 0 Å². The molecule has 0 saturated carbocycles. The minimum absolute atomic E-state index is 0.0153. The zero-order valence-electron chi connectivity index (χ0n) is 12.5. The van der Waals surface area contributed by atoms with Crippen LogP contribution in [-0.2, 0) is 14.3 Å². The van der Waals surface area contributed by atoms with E-state index in [4.69, 9.17) is 9.47 Å². The number of carbonyl (C=O) groups is 2. The fourth-order valence-electron chi connectivity index (χ4n) is 2.14. The third-order valence-corrected chi connectivity index (χ3v) is 3.12. The number of hydrogen-bond donors (Lipinski definition) is 1. The molecule has 0 bridgehead atoms. The molecule has 0 aliphatic carbocycles. The molecule has 118 valence electrons. The Kier molecular flexibility index (Phi) is 4.98. The Morgan fingerprint density at radius 2 is 1.95 bits per heavy atom. The first kappa shape index (κ1) is 15.8. The number of anilines is 1. The molecular formula is C15H18N2O5. The summed E-state index contributed by atoms with van der Waals surface area (Å²) < 4.78 is 10.2. The van der Waals surface area contributed by atoms with Crippen LogP contribution in [0.1, 0.15) is 20.3 Å². The standard InChI is InChI=1S/C15H18N2O5/c1-3-21-11-7-5-10(6-8-11)17-13(14(18)19)9-12(16-17)15(20)22-4-2/h5-8,13H,3-4,9H2,1-2H3,(H,18,19). The average molecular weight is 306 g/mol. The second-order valence-electron chi connectivity index (χ2n) is 4.60. The second kappa shape index (κ2) is 6.93. The van der Waals surface area contributed by atoms with Gasteiger partial charge in [-0.1, -0.05) is 0 Å². The first-order valence-corrected chi connectivity index (χ1v) is 7.06. The fraction of sp³-hybridized carbons (Fsp3) is 0.400. The van der Waals surface area contributed by atoms with E-state index in [1.54, 1.807) is 31.2 Å². The molecule has 2 rings (SSSR count). The number of rotatable bonds is 6. The maximum Gasteiger partial charge on any atom is 0.354 e. The second-order valence-corrected chi connectivity index (χ2v) is 4.60. The van der Waals surface area contributed by atoms with Gasteiger partial charge in [-0.2, -0.15) is 5.10 Å². The fourth-order valence-corrected chi connectivity index (χ4v) is 2.14. The molecule has 7 nitrogen and oxygen atoms in total. The Morgan fingerprint density at radius 1 is 1.27 bits per heavy atom. The van der Waals surface area contributed by atoms with Gasteiger partial charge in [-0.15, -0.1) is 0 Å². The molecule has 7 heteroatoms. The predicted octanol–water partition coefficient (Wildman–Crippen LogP) is 1.67. The van der Waals surface area contributed by atoms with Crippen LogP contribution in [0.3, 0.4) is 0 Å². The van der Waals surface area contributed by atoms with Crippen molar-refractivity contribution in [2.24, 2.45) is 5.10 Å². The van der Waals surface area contributed by atoms with Crippen LogP contribution in [0.5, 0.6) is 5.75 Å². The summed E-state index contributed by atoms with van der Waals surface area (Å²) in [4.78, 5) is 23.1. The smallest absolute Gasteiger partial charge is 0.354 e. The topological polar surface area (TPSA) is 88.4 Å². The van der Waals surface area contributed by atoms with E-state index in [2.05, 4.69) is 5.10 Å². The Morgan fingerprint density at radius 3 is 2.50 bits per heavy atom. The van der Waals surface area contributed by atoms with Gasteiger partial charge in [-0.3, -0.25) is 5.01 Å². The monoisotopic (exact) mass is 306 g/mol. The molecule has 0 radical (unpaired) electrons. The van der Waals surface area contributed by atoms with Gasteiger partial charge in [0.25, 0.3) is 0 Å². The molecule has 1 aliphatic heterocycles. The summed E-state index contributed by atoms with van der Waals surface area (Å²) in [5.74, 6) is -0.939. The molecule has 0 spiro atoms. The molecule has 0 aromatic heterocycles. The number of nitrogens with zero attached hydrogens (tertiary/aromatic N) is 2. The summed E-state index contributed by atoms with van der Waals surface area (Å²) in [6.45, 7) is 4.34. The lowest BCUT2D eigenvalue weighted by Gasteiger charge is -2.20. The van der Waals surface area contributed by atoms with Crippen molar-refractivity contribution in [2.75, 3.05) is 18.2 Å². The number of hydrogen-bond acceptors (Lipinski definition) is 6. The van der Waals surface area contributed by atoms with Crippen molar-refractivity contribution in [2.45, 2.75) is 26.3 Å². The first-order valence-electron chi connectivity index (χ1n) is 7.06. The predicted molar refractivity (Wildman–Crippen MR) is 80.2 cm³/mol. The summed E-state index contributed by atoms with van der Waals surface area (Å²) in [5.41, 5.74) is 0.693. The first-order chi connectivity index (χ1) is 10.6. The van der Waals surface area contributed by atoms with Crippen LogP contribution >= 0.6 is 0 Å². The third kappa shape index (κ3) is 3.36. The molecular weight excluding hydrogens is 288 g/mol. The number of aliphatic carboxylic acids is 1. The quantitative estimate of drug-likeness (QED) is 0.804. The molecule has 0 fully saturated rings. The Labute approximate surface area is 128 Å². The van der Waals surface area contributed by atoms with Gasteiger partial charge in [-0.25, -0.2) is 9.59 Å². The Balaban J connectivity index is 2.24. The average Bonchev–Trinajstić information content (AvgIpc) is 2.94. The molecule has 1 aromatic carbocycles.